The molecule has 1 atom stereocenters. The molecule has 0 bridgehead atoms. The van der Waals surface area contributed by atoms with Gasteiger partial charge in [0, 0.05) is 6.42 Å². The number of aliphatic carboxylic acids is 1. The molecule has 0 aliphatic heterocycles. The second-order valence-corrected chi connectivity index (χ2v) is 5.20. The van der Waals surface area contributed by atoms with Crippen LogP contribution in [0, 0.1) is 0 Å². The van der Waals surface area contributed by atoms with Gasteiger partial charge < -0.3 is 10.2 Å². The molecule has 0 aliphatic carbocycles. The second-order valence-electron chi connectivity index (χ2n) is 5.20. The molecule has 0 saturated carbocycles. The number of allylic oxidation sites excluding steroid dienone is 4. The molecule has 120 valence electrons. The van der Waals surface area contributed by atoms with Crippen molar-refractivity contribution in [2.45, 2.75) is 70.8 Å². The highest BCUT2D eigenvalue weighted by atomic mass is 16.4. The molecule has 0 amide bonds. The van der Waals surface area contributed by atoms with Crippen molar-refractivity contribution in [1.29, 1.82) is 0 Å². The first-order valence-electron chi connectivity index (χ1n) is 8.05. The molecule has 3 heteroatoms. The summed E-state index contributed by atoms with van der Waals surface area (Å²) in [6, 6.07) is 0. The van der Waals surface area contributed by atoms with E-state index in [0.717, 1.165) is 44.9 Å². The lowest BCUT2D eigenvalue weighted by Gasteiger charge is -2.00. The van der Waals surface area contributed by atoms with E-state index < -0.39 is 12.1 Å². The third kappa shape index (κ3) is 16.6. The van der Waals surface area contributed by atoms with Crippen molar-refractivity contribution in [3.63, 3.8) is 0 Å². The Balaban J connectivity index is 3.41. The zero-order valence-corrected chi connectivity index (χ0v) is 13.2. The number of aliphatic hydroxyl groups is 1. The first kappa shape index (κ1) is 19.7. The highest BCUT2D eigenvalue weighted by Crippen LogP contribution is 2.08. The number of rotatable bonds is 13. The lowest BCUT2D eigenvalue weighted by molar-refractivity contribution is -0.137. The first-order chi connectivity index (χ1) is 10.2. The SMILES string of the molecule is CCC=C/C=C/[C@@H](O)CC=CCCCCCCCC(=O)O. The Kier molecular flexibility index (Phi) is 14.1. The molecular weight excluding hydrogens is 264 g/mol. The maximum atomic E-state index is 10.3. The molecule has 21 heavy (non-hydrogen) atoms. The van der Waals surface area contributed by atoms with E-state index in [1.165, 1.54) is 0 Å². The van der Waals surface area contributed by atoms with Crippen LogP contribution in [0.3, 0.4) is 0 Å². The quantitative estimate of drug-likeness (QED) is 0.296. The van der Waals surface area contributed by atoms with Crippen molar-refractivity contribution in [2.24, 2.45) is 0 Å². The molecule has 0 aliphatic rings. The van der Waals surface area contributed by atoms with Gasteiger partial charge in [0.25, 0.3) is 0 Å². The summed E-state index contributed by atoms with van der Waals surface area (Å²) in [5.41, 5.74) is 0. The van der Waals surface area contributed by atoms with Crippen LogP contribution in [-0.4, -0.2) is 22.3 Å². The van der Waals surface area contributed by atoms with Crippen molar-refractivity contribution in [2.75, 3.05) is 0 Å². The summed E-state index contributed by atoms with van der Waals surface area (Å²) < 4.78 is 0. The molecular formula is C18H30O3. The van der Waals surface area contributed by atoms with Gasteiger partial charge in [0.05, 0.1) is 6.10 Å². The number of carboxylic acid groups (broad SMARTS) is 1. The summed E-state index contributed by atoms with van der Waals surface area (Å²) in [5.74, 6) is -0.698. The van der Waals surface area contributed by atoms with Crippen LogP contribution in [0.2, 0.25) is 0 Å². The molecule has 0 rings (SSSR count). The Hall–Kier alpha value is -1.35. The van der Waals surface area contributed by atoms with Gasteiger partial charge in [0.1, 0.15) is 0 Å². The number of unbranched alkanes of at least 4 members (excludes halogenated alkanes) is 5. The topological polar surface area (TPSA) is 57.5 Å². The normalized spacial score (nSPS) is 13.6. The van der Waals surface area contributed by atoms with Crippen LogP contribution in [0.15, 0.2) is 36.5 Å². The summed E-state index contributed by atoms with van der Waals surface area (Å²) in [6.45, 7) is 2.08. The van der Waals surface area contributed by atoms with E-state index in [2.05, 4.69) is 19.1 Å². The van der Waals surface area contributed by atoms with E-state index in [4.69, 9.17) is 5.11 Å². The Morgan fingerprint density at radius 2 is 1.71 bits per heavy atom. The predicted molar refractivity (Wildman–Crippen MR) is 88.3 cm³/mol. The molecule has 0 radical (unpaired) electrons. The molecule has 0 unspecified atom stereocenters. The van der Waals surface area contributed by atoms with Crippen LogP contribution in [0.1, 0.15) is 64.7 Å². The third-order valence-electron chi connectivity index (χ3n) is 3.12. The van der Waals surface area contributed by atoms with Gasteiger partial charge in [-0.05, 0) is 32.1 Å². The molecule has 3 nitrogen and oxygen atoms in total. The van der Waals surface area contributed by atoms with Crippen LogP contribution >= 0.6 is 0 Å². The summed E-state index contributed by atoms with van der Waals surface area (Å²) >= 11 is 0. The van der Waals surface area contributed by atoms with Gasteiger partial charge in [-0.3, -0.25) is 4.79 Å². The molecule has 2 N–H and O–H groups in total. The number of carbonyl (C=O) groups is 1. The van der Waals surface area contributed by atoms with E-state index in [0.29, 0.717) is 12.8 Å². The van der Waals surface area contributed by atoms with Crippen LogP contribution in [0.4, 0.5) is 0 Å². The van der Waals surface area contributed by atoms with Gasteiger partial charge in [-0.2, -0.15) is 0 Å². The van der Waals surface area contributed by atoms with Crippen LogP contribution in [0.25, 0.3) is 0 Å². The lowest BCUT2D eigenvalue weighted by Crippen LogP contribution is -1.98. The van der Waals surface area contributed by atoms with E-state index in [9.17, 15) is 9.90 Å². The van der Waals surface area contributed by atoms with Crippen molar-refractivity contribution in [3.05, 3.63) is 36.5 Å². The van der Waals surface area contributed by atoms with Gasteiger partial charge >= 0.3 is 5.97 Å². The van der Waals surface area contributed by atoms with Gasteiger partial charge in [-0.25, -0.2) is 0 Å². The summed E-state index contributed by atoms with van der Waals surface area (Å²) in [5, 5.41) is 18.2. The number of aliphatic hydroxyl groups excluding tert-OH is 1. The fourth-order valence-electron chi connectivity index (χ4n) is 1.91. The Labute approximate surface area is 129 Å². The molecule has 0 heterocycles. The molecule has 0 spiro atoms. The van der Waals surface area contributed by atoms with E-state index in [-0.39, 0.29) is 0 Å². The van der Waals surface area contributed by atoms with E-state index in [1.54, 1.807) is 6.08 Å². The standard InChI is InChI=1S/C18H30O3/c1-2-3-4-11-14-17(19)15-12-9-7-5-6-8-10-13-16-18(20)21/h3-4,9,11-12,14,17,19H,2,5-8,10,13,15-16H2,1H3,(H,20,21)/b4-3?,12-9?,14-11+/t17-/m1/s1. The van der Waals surface area contributed by atoms with Crippen molar-refractivity contribution in [1.82, 2.24) is 0 Å². The van der Waals surface area contributed by atoms with E-state index in [1.807, 2.05) is 18.2 Å². The van der Waals surface area contributed by atoms with Gasteiger partial charge in [0.15, 0.2) is 0 Å². The minimum atomic E-state index is -0.698. The summed E-state index contributed by atoms with van der Waals surface area (Å²) in [4.78, 5) is 10.3. The largest absolute Gasteiger partial charge is 0.481 e. The molecule has 0 saturated heterocycles. The maximum Gasteiger partial charge on any atom is 0.303 e. The first-order valence-corrected chi connectivity index (χ1v) is 8.05. The second kappa shape index (κ2) is 15.0. The molecule has 0 aromatic heterocycles. The fourth-order valence-corrected chi connectivity index (χ4v) is 1.91. The Bertz CT molecular complexity index is 329. The van der Waals surface area contributed by atoms with Gasteiger partial charge in [-0.1, -0.05) is 62.6 Å². The number of hydrogen-bond acceptors (Lipinski definition) is 2. The van der Waals surface area contributed by atoms with Crippen LogP contribution in [-0.2, 0) is 4.79 Å². The average Bonchev–Trinajstić information content (AvgIpc) is 2.45. The highest BCUT2D eigenvalue weighted by Gasteiger charge is 1.96. The fraction of sp³-hybridized carbons (Fsp3) is 0.611. The lowest BCUT2D eigenvalue weighted by atomic mass is 10.1. The maximum absolute atomic E-state index is 10.3. The third-order valence-corrected chi connectivity index (χ3v) is 3.12. The molecule has 0 aromatic carbocycles. The number of carboxylic acids is 1. The average molecular weight is 294 g/mol. The monoisotopic (exact) mass is 294 g/mol. The highest BCUT2D eigenvalue weighted by molar-refractivity contribution is 5.66. The predicted octanol–water partition coefficient (Wildman–Crippen LogP) is 4.63. The molecule has 0 aromatic rings. The minimum Gasteiger partial charge on any atom is -0.481 e. The van der Waals surface area contributed by atoms with Crippen molar-refractivity contribution >= 4 is 5.97 Å². The smallest absolute Gasteiger partial charge is 0.303 e. The van der Waals surface area contributed by atoms with E-state index >= 15 is 0 Å². The molecule has 0 fully saturated rings. The zero-order chi connectivity index (χ0) is 15.8. The summed E-state index contributed by atoms with van der Waals surface area (Å²) in [6.07, 6.45) is 19.6. The van der Waals surface area contributed by atoms with Crippen LogP contribution < -0.4 is 0 Å². The minimum absolute atomic E-state index is 0.290. The Morgan fingerprint density at radius 1 is 1.00 bits per heavy atom. The van der Waals surface area contributed by atoms with Gasteiger partial charge in [0.2, 0.25) is 0 Å². The van der Waals surface area contributed by atoms with Gasteiger partial charge in [-0.15, -0.1) is 0 Å². The van der Waals surface area contributed by atoms with Crippen molar-refractivity contribution < 1.29 is 15.0 Å². The zero-order valence-electron chi connectivity index (χ0n) is 13.2. The summed E-state index contributed by atoms with van der Waals surface area (Å²) in [7, 11) is 0. The van der Waals surface area contributed by atoms with Crippen LogP contribution in [0.5, 0.6) is 0 Å². The van der Waals surface area contributed by atoms with Crippen molar-refractivity contribution in [3.8, 4) is 0 Å². The number of hydrogen-bond donors (Lipinski definition) is 2. The Morgan fingerprint density at radius 3 is 2.43 bits per heavy atom.